The Morgan fingerprint density at radius 1 is 1.37 bits per heavy atom. The first kappa shape index (κ1) is 15.8. The fraction of sp³-hybridized carbons (Fsp3) is 0.846. The summed E-state index contributed by atoms with van der Waals surface area (Å²) < 4.78 is 0. The number of urea groups is 1. The van der Waals surface area contributed by atoms with Crippen LogP contribution >= 0.6 is 0 Å². The van der Waals surface area contributed by atoms with Crippen LogP contribution in [0.5, 0.6) is 0 Å². The van der Waals surface area contributed by atoms with Gasteiger partial charge in [0.05, 0.1) is 0 Å². The Labute approximate surface area is 113 Å². The number of hydrogen-bond acceptors (Lipinski definition) is 3. The Kier molecular flexibility index (Phi) is 6.62. The van der Waals surface area contributed by atoms with E-state index in [1.54, 1.807) is 4.90 Å². The monoisotopic (exact) mass is 272 g/mol. The number of carboxylic acids is 1. The molecule has 110 valence electrons. The lowest BCUT2D eigenvalue weighted by atomic mass is 10.1. The zero-order valence-corrected chi connectivity index (χ0v) is 11.5. The normalized spacial score (nSPS) is 21.6. The number of rotatable bonds is 5. The van der Waals surface area contributed by atoms with E-state index in [1.165, 1.54) is 0 Å². The van der Waals surface area contributed by atoms with Gasteiger partial charge in [0.25, 0.3) is 0 Å². The molecule has 1 heterocycles. The number of carbonyl (C=O) groups excluding carboxylic acids is 1. The van der Waals surface area contributed by atoms with Crippen molar-refractivity contribution >= 4 is 12.0 Å². The van der Waals surface area contributed by atoms with Crippen LogP contribution in [-0.2, 0) is 4.79 Å². The van der Waals surface area contributed by atoms with Crippen molar-refractivity contribution in [2.45, 2.75) is 57.5 Å². The molecule has 19 heavy (non-hydrogen) atoms. The zero-order valence-electron chi connectivity index (χ0n) is 11.5. The summed E-state index contributed by atoms with van der Waals surface area (Å²) in [7, 11) is 0. The molecule has 0 aliphatic carbocycles. The van der Waals surface area contributed by atoms with E-state index in [1.807, 2.05) is 6.92 Å². The molecule has 0 aromatic rings. The van der Waals surface area contributed by atoms with Gasteiger partial charge in [0.15, 0.2) is 0 Å². The first-order valence-corrected chi connectivity index (χ1v) is 7.01. The molecular weight excluding hydrogens is 248 g/mol. The van der Waals surface area contributed by atoms with E-state index in [4.69, 9.17) is 10.2 Å². The lowest BCUT2D eigenvalue weighted by molar-refractivity contribution is -0.139. The van der Waals surface area contributed by atoms with Gasteiger partial charge < -0.3 is 20.4 Å². The Hall–Kier alpha value is -1.30. The summed E-state index contributed by atoms with van der Waals surface area (Å²) >= 11 is 0. The van der Waals surface area contributed by atoms with Crippen LogP contribution in [0.3, 0.4) is 0 Å². The SMILES string of the molecule is CCC1CCCCCN1C(=O)NC(CCO)C(=O)O. The summed E-state index contributed by atoms with van der Waals surface area (Å²) in [5.74, 6) is -1.11. The van der Waals surface area contributed by atoms with Crippen LogP contribution in [-0.4, -0.2) is 52.3 Å². The molecule has 2 unspecified atom stereocenters. The van der Waals surface area contributed by atoms with Crippen molar-refractivity contribution in [1.82, 2.24) is 10.2 Å². The Morgan fingerprint density at radius 2 is 2.11 bits per heavy atom. The molecule has 2 amide bonds. The summed E-state index contributed by atoms with van der Waals surface area (Å²) in [5.41, 5.74) is 0. The van der Waals surface area contributed by atoms with E-state index >= 15 is 0 Å². The van der Waals surface area contributed by atoms with E-state index < -0.39 is 12.0 Å². The standard InChI is InChI=1S/C13H24N2O4/c1-2-10-6-4-3-5-8-15(10)13(19)14-11(7-9-16)12(17)18/h10-11,16H,2-9H2,1H3,(H,14,19)(H,17,18). The highest BCUT2D eigenvalue weighted by Crippen LogP contribution is 2.19. The van der Waals surface area contributed by atoms with Crippen molar-refractivity contribution in [1.29, 1.82) is 0 Å². The molecule has 1 aliphatic rings. The average Bonchev–Trinajstić information content (AvgIpc) is 2.62. The number of nitrogens with zero attached hydrogens (tertiary/aromatic N) is 1. The third-order valence-corrected chi connectivity index (χ3v) is 3.62. The topological polar surface area (TPSA) is 89.9 Å². The summed E-state index contributed by atoms with van der Waals surface area (Å²) in [6.07, 6.45) is 5.07. The molecule has 1 rings (SSSR count). The highest BCUT2D eigenvalue weighted by atomic mass is 16.4. The maximum absolute atomic E-state index is 12.2. The van der Waals surface area contributed by atoms with Crippen LogP contribution in [0.4, 0.5) is 4.79 Å². The Balaban J connectivity index is 2.64. The molecule has 0 aromatic carbocycles. The number of carbonyl (C=O) groups is 2. The van der Waals surface area contributed by atoms with Crippen LogP contribution in [0.15, 0.2) is 0 Å². The molecule has 0 spiro atoms. The van der Waals surface area contributed by atoms with Crippen molar-refractivity contribution < 1.29 is 19.8 Å². The minimum Gasteiger partial charge on any atom is -0.480 e. The van der Waals surface area contributed by atoms with Gasteiger partial charge in [-0.05, 0) is 19.3 Å². The predicted octanol–water partition coefficient (Wildman–Crippen LogP) is 1.19. The van der Waals surface area contributed by atoms with Crippen LogP contribution < -0.4 is 5.32 Å². The fourth-order valence-electron chi connectivity index (χ4n) is 2.49. The van der Waals surface area contributed by atoms with Crippen LogP contribution in [0.1, 0.15) is 45.4 Å². The zero-order chi connectivity index (χ0) is 14.3. The Morgan fingerprint density at radius 3 is 2.68 bits per heavy atom. The Bertz CT molecular complexity index is 309. The van der Waals surface area contributed by atoms with Gasteiger partial charge >= 0.3 is 12.0 Å². The van der Waals surface area contributed by atoms with Crippen molar-refractivity contribution in [3.8, 4) is 0 Å². The van der Waals surface area contributed by atoms with Gasteiger partial charge in [0, 0.05) is 25.6 Å². The lowest BCUT2D eigenvalue weighted by Gasteiger charge is -2.30. The molecule has 3 N–H and O–H groups in total. The van der Waals surface area contributed by atoms with E-state index in [9.17, 15) is 9.59 Å². The second-order valence-electron chi connectivity index (χ2n) is 4.96. The van der Waals surface area contributed by atoms with E-state index in [-0.39, 0.29) is 25.1 Å². The molecule has 1 fully saturated rings. The van der Waals surface area contributed by atoms with Gasteiger partial charge in [0.1, 0.15) is 6.04 Å². The van der Waals surface area contributed by atoms with Crippen LogP contribution in [0.2, 0.25) is 0 Å². The number of hydrogen-bond donors (Lipinski definition) is 3. The summed E-state index contributed by atoms with van der Waals surface area (Å²) in [5, 5.41) is 20.3. The molecule has 0 radical (unpaired) electrons. The molecular formula is C13H24N2O4. The third-order valence-electron chi connectivity index (χ3n) is 3.62. The van der Waals surface area contributed by atoms with Gasteiger partial charge in [-0.25, -0.2) is 9.59 Å². The summed E-state index contributed by atoms with van der Waals surface area (Å²) in [4.78, 5) is 24.9. The van der Waals surface area contributed by atoms with E-state index in [0.29, 0.717) is 6.54 Å². The summed E-state index contributed by atoms with van der Waals surface area (Å²) in [6.45, 7) is 2.46. The maximum atomic E-state index is 12.2. The molecule has 1 saturated heterocycles. The van der Waals surface area contributed by atoms with Crippen molar-refractivity contribution in [2.75, 3.05) is 13.2 Å². The van der Waals surface area contributed by atoms with E-state index in [2.05, 4.69) is 5.32 Å². The predicted molar refractivity (Wildman–Crippen MR) is 70.9 cm³/mol. The largest absolute Gasteiger partial charge is 0.480 e. The fourth-order valence-corrected chi connectivity index (χ4v) is 2.49. The highest BCUT2D eigenvalue weighted by Gasteiger charge is 2.27. The molecule has 2 atom stereocenters. The summed E-state index contributed by atoms with van der Waals surface area (Å²) in [6, 6.07) is -1.15. The molecule has 6 nitrogen and oxygen atoms in total. The first-order valence-electron chi connectivity index (χ1n) is 7.01. The van der Waals surface area contributed by atoms with Crippen molar-refractivity contribution in [3.63, 3.8) is 0 Å². The lowest BCUT2D eigenvalue weighted by Crippen LogP contribution is -2.51. The number of aliphatic hydroxyl groups is 1. The average molecular weight is 272 g/mol. The molecule has 0 bridgehead atoms. The van der Waals surface area contributed by atoms with Gasteiger partial charge in [-0.2, -0.15) is 0 Å². The maximum Gasteiger partial charge on any atom is 0.326 e. The first-order chi connectivity index (χ1) is 9.10. The third kappa shape index (κ3) is 4.70. The van der Waals surface area contributed by atoms with Gasteiger partial charge in [0.2, 0.25) is 0 Å². The second kappa shape index (κ2) is 7.99. The minimum absolute atomic E-state index is 0.0334. The number of likely N-dealkylation sites (tertiary alicyclic amines) is 1. The van der Waals surface area contributed by atoms with Crippen molar-refractivity contribution in [2.24, 2.45) is 0 Å². The molecule has 1 aliphatic heterocycles. The van der Waals surface area contributed by atoms with Gasteiger partial charge in [-0.1, -0.05) is 19.8 Å². The molecule has 0 saturated carbocycles. The van der Waals surface area contributed by atoms with Gasteiger partial charge in [-0.15, -0.1) is 0 Å². The number of amides is 2. The number of carboxylic acid groups (broad SMARTS) is 1. The van der Waals surface area contributed by atoms with E-state index in [0.717, 1.165) is 32.1 Å². The second-order valence-corrected chi connectivity index (χ2v) is 4.96. The molecule has 0 aromatic heterocycles. The van der Waals surface area contributed by atoms with Crippen molar-refractivity contribution in [3.05, 3.63) is 0 Å². The van der Waals surface area contributed by atoms with Gasteiger partial charge in [-0.3, -0.25) is 0 Å². The number of aliphatic hydroxyl groups excluding tert-OH is 1. The smallest absolute Gasteiger partial charge is 0.326 e. The quantitative estimate of drug-likeness (QED) is 0.701. The number of nitrogens with one attached hydrogen (secondary N) is 1. The minimum atomic E-state index is -1.11. The van der Waals surface area contributed by atoms with Crippen LogP contribution in [0, 0.1) is 0 Å². The molecule has 6 heteroatoms. The highest BCUT2D eigenvalue weighted by molar-refractivity contribution is 5.82. The van der Waals surface area contributed by atoms with Crippen LogP contribution in [0.25, 0.3) is 0 Å². The number of aliphatic carboxylic acids is 1.